The van der Waals surface area contributed by atoms with Crippen molar-refractivity contribution in [1.29, 1.82) is 0 Å². The Hall–Kier alpha value is -1.14. The van der Waals surface area contributed by atoms with Gasteiger partial charge in [0.25, 0.3) is 0 Å². The number of aliphatic hydroxyl groups excluding tert-OH is 3. The lowest BCUT2D eigenvalue weighted by molar-refractivity contribution is -0.0765. The molecule has 24 heavy (non-hydrogen) atoms. The van der Waals surface area contributed by atoms with Gasteiger partial charge in [-0.2, -0.15) is 0 Å². The third-order valence-corrected chi connectivity index (χ3v) is 5.55. The molecule has 0 aromatic heterocycles. The van der Waals surface area contributed by atoms with Gasteiger partial charge < -0.3 is 20.2 Å². The van der Waals surface area contributed by atoms with Crippen LogP contribution >= 0.6 is 0 Å². The van der Waals surface area contributed by atoms with Crippen molar-refractivity contribution in [3.63, 3.8) is 0 Å². The van der Waals surface area contributed by atoms with Gasteiger partial charge in [-0.25, -0.2) is 0 Å². The first-order valence-corrected chi connectivity index (χ1v) is 9.12. The van der Waals surface area contributed by atoms with Crippen LogP contribution in [0.4, 0.5) is 0 Å². The highest BCUT2D eigenvalue weighted by Gasteiger charge is 2.38. The molecular weight excluding hydrogens is 304 g/mol. The molecule has 4 N–H and O–H groups in total. The number of nitrogens with zero attached hydrogens (tertiary/aromatic N) is 1. The van der Waals surface area contributed by atoms with Gasteiger partial charge in [0.1, 0.15) is 12.5 Å². The molecule has 0 saturated heterocycles. The fourth-order valence-electron chi connectivity index (χ4n) is 3.99. The maximum absolute atomic E-state index is 10.8. The number of aliphatic hydroxyl groups is 3. The standard InChI is InChI=1S/C19H30N2O3/c1-12-7-8-16-13(2)11-14(19(24)21(16)10-9-12)18(23)20-15-5-3-4-6-17(15)22/h7-10,12,14-15,17-20,22-24H,3-6,11H2,1-2H3/t12?,14?,15?,17-,18?,19?/m0/s1. The molecule has 2 aliphatic heterocycles. The van der Waals surface area contributed by atoms with E-state index in [1.165, 1.54) is 0 Å². The van der Waals surface area contributed by atoms with E-state index in [0.29, 0.717) is 12.3 Å². The summed E-state index contributed by atoms with van der Waals surface area (Å²) in [5.74, 6) is -0.00341. The lowest BCUT2D eigenvalue weighted by atomic mass is 9.88. The quantitative estimate of drug-likeness (QED) is 0.593. The molecule has 0 bridgehead atoms. The van der Waals surface area contributed by atoms with Crippen molar-refractivity contribution >= 4 is 0 Å². The Labute approximate surface area is 144 Å². The molecule has 0 radical (unpaired) electrons. The minimum atomic E-state index is -0.840. The molecule has 1 fully saturated rings. The molecule has 0 amide bonds. The summed E-state index contributed by atoms with van der Waals surface area (Å²) in [6.07, 6.45) is 10.5. The fourth-order valence-corrected chi connectivity index (χ4v) is 3.99. The van der Waals surface area contributed by atoms with E-state index in [-0.39, 0.29) is 12.0 Å². The second kappa shape index (κ2) is 7.40. The van der Waals surface area contributed by atoms with E-state index in [2.05, 4.69) is 31.3 Å². The maximum Gasteiger partial charge on any atom is 0.137 e. The number of nitrogens with one attached hydrogen (secondary N) is 1. The molecule has 2 heterocycles. The molecular formula is C19H30N2O3. The third kappa shape index (κ3) is 3.59. The Kier molecular flexibility index (Phi) is 5.45. The Morgan fingerprint density at radius 3 is 2.71 bits per heavy atom. The van der Waals surface area contributed by atoms with Gasteiger partial charge in [0, 0.05) is 23.9 Å². The Morgan fingerprint density at radius 1 is 1.21 bits per heavy atom. The van der Waals surface area contributed by atoms with E-state index < -0.39 is 18.6 Å². The number of rotatable bonds is 3. The number of hydrogen-bond acceptors (Lipinski definition) is 5. The summed E-state index contributed by atoms with van der Waals surface area (Å²) in [5, 5.41) is 34.7. The third-order valence-electron chi connectivity index (χ3n) is 5.55. The molecule has 0 spiro atoms. The van der Waals surface area contributed by atoms with Crippen molar-refractivity contribution in [2.24, 2.45) is 11.8 Å². The van der Waals surface area contributed by atoms with E-state index in [0.717, 1.165) is 37.0 Å². The number of allylic oxidation sites excluding steroid dienone is 4. The van der Waals surface area contributed by atoms with Crippen LogP contribution in [0.5, 0.6) is 0 Å². The zero-order valence-electron chi connectivity index (χ0n) is 14.6. The number of fused-ring (bicyclic) bond motifs is 1. The zero-order valence-corrected chi connectivity index (χ0v) is 14.6. The van der Waals surface area contributed by atoms with Crippen molar-refractivity contribution in [3.8, 4) is 0 Å². The molecule has 5 heteroatoms. The second-order valence-corrected chi connectivity index (χ2v) is 7.48. The van der Waals surface area contributed by atoms with Crippen LogP contribution in [0.15, 0.2) is 35.7 Å². The summed E-state index contributed by atoms with van der Waals surface area (Å²) in [6, 6.07) is -0.0915. The van der Waals surface area contributed by atoms with Crippen LogP contribution in [0.2, 0.25) is 0 Å². The highest BCUT2D eigenvalue weighted by atomic mass is 16.3. The lowest BCUT2D eigenvalue weighted by Gasteiger charge is -2.42. The summed E-state index contributed by atoms with van der Waals surface area (Å²) in [7, 11) is 0. The average Bonchev–Trinajstić information content (AvgIpc) is 2.75. The van der Waals surface area contributed by atoms with Crippen molar-refractivity contribution < 1.29 is 15.3 Å². The van der Waals surface area contributed by atoms with Gasteiger partial charge in [0.15, 0.2) is 0 Å². The lowest BCUT2D eigenvalue weighted by Crippen LogP contribution is -2.55. The average molecular weight is 334 g/mol. The maximum atomic E-state index is 10.8. The SMILES string of the molecule is CC1=C2C=CC(C)C=CN2C(O)C(C(O)NC2CCCC[C@@H]2O)C1. The Balaban J connectivity index is 1.74. The Bertz CT molecular complexity index is 543. The normalized spacial score (nSPS) is 38.0. The molecule has 134 valence electrons. The second-order valence-electron chi connectivity index (χ2n) is 7.48. The van der Waals surface area contributed by atoms with E-state index in [1.807, 2.05) is 17.2 Å². The van der Waals surface area contributed by atoms with Crippen LogP contribution < -0.4 is 5.32 Å². The van der Waals surface area contributed by atoms with Gasteiger partial charge in [-0.3, -0.25) is 5.32 Å². The van der Waals surface area contributed by atoms with Gasteiger partial charge in [-0.15, -0.1) is 0 Å². The zero-order chi connectivity index (χ0) is 17.3. The molecule has 0 aromatic carbocycles. The van der Waals surface area contributed by atoms with Crippen LogP contribution in [0.1, 0.15) is 46.0 Å². The minimum Gasteiger partial charge on any atom is -0.392 e. The van der Waals surface area contributed by atoms with Crippen LogP contribution in [-0.2, 0) is 0 Å². The first kappa shape index (κ1) is 17.7. The monoisotopic (exact) mass is 334 g/mol. The predicted molar refractivity (Wildman–Crippen MR) is 93.5 cm³/mol. The van der Waals surface area contributed by atoms with Crippen molar-refractivity contribution in [2.75, 3.05) is 0 Å². The van der Waals surface area contributed by atoms with Crippen molar-refractivity contribution in [3.05, 3.63) is 35.7 Å². The highest BCUT2D eigenvalue weighted by molar-refractivity contribution is 5.31. The smallest absolute Gasteiger partial charge is 0.137 e. The molecule has 6 atom stereocenters. The summed E-state index contributed by atoms with van der Waals surface area (Å²) in [5.41, 5.74) is 2.18. The summed E-state index contributed by atoms with van der Waals surface area (Å²) in [4.78, 5) is 1.85. The molecule has 3 rings (SSSR count). The fraction of sp³-hybridized carbons (Fsp3) is 0.684. The van der Waals surface area contributed by atoms with Crippen molar-refractivity contribution in [2.45, 2.75) is 70.6 Å². The van der Waals surface area contributed by atoms with Gasteiger partial charge in [0.05, 0.1) is 6.10 Å². The van der Waals surface area contributed by atoms with E-state index in [4.69, 9.17) is 0 Å². The van der Waals surface area contributed by atoms with Gasteiger partial charge in [0.2, 0.25) is 0 Å². The molecule has 1 saturated carbocycles. The van der Waals surface area contributed by atoms with Gasteiger partial charge in [-0.1, -0.05) is 31.9 Å². The topological polar surface area (TPSA) is 76.0 Å². The molecule has 3 aliphatic rings. The number of hydrogen-bond donors (Lipinski definition) is 4. The predicted octanol–water partition coefficient (Wildman–Crippen LogP) is 1.83. The van der Waals surface area contributed by atoms with Gasteiger partial charge >= 0.3 is 0 Å². The van der Waals surface area contributed by atoms with Gasteiger partial charge in [-0.05, 0) is 43.8 Å². The minimum absolute atomic E-state index is 0.0915. The summed E-state index contributed by atoms with van der Waals surface area (Å²) in [6.45, 7) is 4.16. The van der Waals surface area contributed by atoms with E-state index in [9.17, 15) is 15.3 Å². The first-order valence-electron chi connectivity index (χ1n) is 9.12. The largest absolute Gasteiger partial charge is 0.392 e. The van der Waals surface area contributed by atoms with Crippen LogP contribution in [0, 0.1) is 11.8 Å². The Morgan fingerprint density at radius 2 is 1.96 bits per heavy atom. The highest BCUT2D eigenvalue weighted by Crippen LogP contribution is 2.34. The summed E-state index contributed by atoms with van der Waals surface area (Å²) >= 11 is 0. The molecule has 5 unspecified atom stereocenters. The molecule has 1 aliphatic carbocycles. The van der Waals surface area contributed by atoms with E-state index >= 15 is 0 Å². The first-order chi connectivity index (χ1) is 11.5. The van der Waals surface area contributed by atoms with Crippen LogP contribution in [-0.4, -0.2) is 44.8 Å². The van der Waals surface area contributed by atoms with E-state index in [1.54, 1.807) is 0 Å². The van der Waals surface area contributed by atoms with Crippen LogP contribution in [0.3, 0.4) is 0 Å². The summed E-state index contributed by atoms with van der Waals surface area (Å²) < 4.78 is 0. The molecule has 0 aromatic rings. The van der Waals surface area contributed by atoms with Crippen molar-refractivity contribution in [1.82, 2.24) is 10.2 Å². The van der Waals surface area contributed by atoms with Crippen LogP contribution in [0.25, 0.3) is 0 Å². The molecule has 5 nitrogen and oxygen atoms in total.